The van der Waals surface area contributed by atoms with Crippen LogP contribution in [-0.2, 0) is 4.79 Å². The van der Waals surface area contributed by atoms with Crippen LogP contribution < -0.4 is 10.1 Å². The summed E-state index contributed by atoms with van der Waals surface area (Å²) in [6.45, 7) is 2.14. The first kappa shape index (κ1) is 15.3. The first-order valence-corrected chi connectivity index (χ1v) is 7.25. The van der Waals surface area contributed by atoms with Crippen LogP contribution in [0.1, 0.15) is 36.5 Å². The Morgan fingerprint density at radius 3 is 2.62 bits per heavy atom. The molecule has 1 aliphatic rings. The Morgan fingerprint density at radius 1 is 1.29 bits per heavy atom. The molecule has 1 aromatic carbocycles. The molecule has 0 spiro atoms. The molecule has 1 N–H and O–H groups in total. The summed E-state index contributed by atoms with van der Waals surface area (Å²) in [5.74, 6) is 0.571. The molecule has 0 saturated carbocycles. The second-order valence-corrected chi connectivity index (χ2v) is 5.37. The van der Waals surface area contributed by atoms with Gasteiger partial charge in [-0.05, 0) is 50.5 Å². The molecule has 4 nitrogen and oxygen atoms in total. The number of nitrogens with one attached hydrogen (secondary N) is 1. The molecule has 0 bridgehead atoms. The minimum atomic E-state index is -0.138. The highest BCUT2D eigenvalue weighted by Gasteiger charge is 2.19. The Morgan fingerprint density at radius 2 is 2.00 bits per heavy atom. The summed E-state index contributed by atoms with van der Waals surface area (Å²) < 4.78 is 5.51. The summed E-state index contributed by atoms with van der Waals surface area (Å²) in [6.07, 6.45) is 5.13. The van der Waals surface area contributed by atoms with Crippen LogP contribution in [0.4, 0.5) is 0 Å². The van der Waals surface area contributed by atoms with E-state index in [2.05, 4.69) is 18.3 Å². The van der Waals surface area contributed by atoms with Crippen LogP contribution in [0.3, 0.4) is 0 Å². The van der Waals surface area contributed by atoms with Gasteiger partial charge in [0, 0.05) is 18.5 Å². The van der Waals surface area contributed by atoms with E-state index in [4.69, 9.17) is 4.74 Å². The van der Waals surface area contributed by atoms with Crippen molar-refractivity contribution in [1.29, 1.82) is 0 Å². The van der Waals surface area contributed by atoms with Gasteiger partial charge in [-0.15, -0.1) is 0 Å². The predicted octanol–water partition coefficient (Wildman–Crippen LogP) is 2.74. The first-order valence-electron chi connectivity index (χ1n) is 7.25. The van der Waals surface area contributed by atoms with Gasteiger partial charge >= 0.3 is 0 Å². The van der Waals surface area contributed by atoms with Crippen molar-refractivity contribution in [3.8, 4) is 5.75 Å². The molecule has 0 aromatic heterocycles. The van der Waals surface area contributed by atoms with Crippen molar-refractivity contribution in [1.82, 2.24) is 5.32 Å². The van der Waals surface area contributed by atoms with Gasteiger partial charge in [-0.3, -0.25) is 9.59 Å². The third-order valence-corrected chi connectivity index (χ3v) is 3.71. The van der Waals surface area contributed by atoms with E-state index in [1.807, 2.05) is 0 Å². The molecule has 4 heteroatoms. The number of rotatable bonds is 5. The SMILES string of the molecule is CNC(=O)c1ccc(OCC(=O)C2C=C(C)CCC2)cc1. The molecule has 1 unspecified atom stereocenters. The van der Waals surface area contributed by atoms with Crippen molar-refractivity contribution in [3.05, 3.63) is 41.5 Å². The number of carbonyl (C=O) groups is 2. The zero-order valence-electron chi connectivity index (χ0n) is 12.5. The van der Waals surface area contributed by atoms with Crippen LogP contribution in [0.25, 0.3) is 0 Å². The smallest absolute Gasteiger partial charge is 0.251 e. The molecule has 1 aromatic rings. The zero-order valence-corrected chi connectivity index (χ0v) is 12.5. The Labute approximate surface area is 125 Å². The van der Waals surface area contributed by atoms with E-state index in [0.717, 1.165) is 19.3 Å². The maximum Gasteiger partial charge on any atom is 0.251 e. The summed E-state index contributed by atoms with van der Waals surface area (Å²) in [4.78, 5) is 23.5. The topological polar surface area (TPSA) is 55.4 Å². The lowest BCUT2D eigenvalue weighted by atomic mass is 9.88. The summed E-state index contributed by atoms with van der Waals surface area (Å²) in [5, 5.41) is 2.56. The zero-order chi connectivity index (χ0) is 15.2. The lowest BCUT2D eigenvalue weighted by Gasteiger charge is -2.18. The number of allylic oxidation sites excluding steroid dienone is 2. The van der Waals surface area contributed by atoms with Crippen LogP contribution >= 0.6 is 0 Å². The second-order valence-electron chi connectivity index (χ2n) is 5.37. The average Bonchev–Trinajstić information content (AvgIpc) is 2.52. The van der Waals surface area contributed by atoms with Gasteiger partial charge in [-0.2, -0.15) is 0 Å². The van der Waals surface area contributed by atoms with Gasteiger partial charge in [0.05, 0.1) is 0 Å². The standard InChI is InChI=1S/C17H21NO3/c1-12-4-3-5-14(10-12)16(19)11-21-15-8-6-13(7-9-15)17(20)18-2/h6-10,14H,3-5,11H2,1-2H3,(H,18,20). The van der Waals surface area contributed by atoms with Crippen LogP contribution in [0, 0.1) is 5.92 Å². The third kappa shape index (κ3) is 4.18. The molecule has 1 atom stereocenters. The number of amides is 1. The fourth-order valence-corrected chi connectivity index (χ4v) is 2.47. The van der Waals surface area contributed by atoms with E-state index >= 15 is 0 Å². The molecule has 2 rings (SSSR count). The molecule has 0 fully saturated rings. The second kappa shape index (κ2) is 7.07. The van der Waals surface area contributed by atoms with Gasteiger partial charge < -0.3 is 10.1 Å². The van der Waals surface area contributed by atoms with E-state index in [0.29, 0.717) is 11.3 Å². The average molecular weight is 287 g/mol. The lowest BCUT2D eigenvalue weighted by molar-refractivity contribution is -0.123. The Kier molecular flexibility index (Phi) is 5.14. The normalized spacial score (nSPS) is 17.8. The van der Waals surface area contributed by atoms with Gasteiger partial charge in [0.25, 0.3) is 5.91 Å². The Bertz CT molecular complexity index is 546. The van der Waals surface area contributed by atoms with E-state index in [9.17, 15) is 9.59 Å². The fourth-order valence-electron chi connectivity index (χ4n) is 2.47. The first-order chi connectivity index (χ1) is 10.1. The highest BCUT2D eigenvalue weighted by atomic mass is 16.5. The van der Waals surface area contributed by atoms with Crippen LogP contribution in [0.2, 0.25) is 0 Å². The Hall–Kier alpha value is -2.10. The quantitative estimate of drug-likeness (QED) is 0.847. The molecule has 0 radical (unpaired) electrons. The number of benzene rings is 1. The van der Waals surface area contributed by atoms with Gasteiger partial charge in [-0.25, -0.2) is 0 Å². The molecule has 112 valence electrons. The number of hydrogen-bond acceptors (Lipinski definition) is 3. The van der Waals surface area contributed by atoms with Gasteiger partial charge in [0.1, 0.15) is 12.4 Å². The minimum Gasteiger partial charge on any atom is -0.486 e. The van der Waals surface area contributed by atoms with Crippen molar-refractivity contribution in [2.75, 3.05) is 13.7 Å². The molecule has 1 amide bonds. The summed E-state index contributed by atoms with van der Waals surface area (Å²) in [5.41, 5.74) is 1.86. The van der Waals surface area contributed by atoms with Gasteiger partial charge in [0.2, 0.25) is 0 Å². The summed E-state index contributed by atoms with van der Waals surface area (Å²) in [6, 6.07) is 6.78. The summed E-state index contributed by atoms with van der Waals surface area (Å²) >= 11 is 0. The molecule has 1 aliphatic carbocycles. The van der Waals surface area contributed by atoms with Gasteiger partial charge in [-0.1, -0.05) is 11.6 Å². The van der Waals surface area contributed by atoms with Gasteiger partial charge in [0.15, 0.2) is 5.78 Å². The molecule has 0 heterocycles. The number of ether oxygens (including phenoxy) is 1. The highest BCUT2D eigenvalue weighted by Crippen LogP contribution is 2.23. The van der Waals surface area contributed by atoms with E-state index < -0.39 is 0 Å². The third-order valence-electron chi connectivity index (χ3n) is 3.71. The molecule has 0 saturated heterocycles. The lowest BCUT2D eigenvalue weighted by Crippen LogP contribution is -2.22. The molecule has 21 heavy (non-hydrogen) atoms. The van der Waals surface area contributed by atoms with Crippen molar-refractivity contribution < 1.29 is 14.3 Å². The minimum absolute atomic E-state index is 0.0103. The number of ketones is 1. The largest absolute Gasteiger partial charge is 0.486 e. The fraction of sp³-hybridized carbons (Fsp3) is 0.412. The van der Waals surface area contributed by atoms with Crippen molar-refractivity contribution in [2.45, 2.75) is 26.2 Å². The van der Waals surface area contributed by atoms with Crippen LogP contribution in [0.15, 0.2) is 35.9 Å². The van der Waals surface area contributed by atoms with Crippen LogP contribution in [0.5, 0.6) is 5.75 Å². The van der Waals surface area contributed by atoms with Crippen molar-refractivity contribution in [3.63, 3.8) is 0 Å². The Balaban J connectivity index is 1.89. The number of hydrogen-bond donors (Lipinski definition) is 1. The highest BCUT2D eigenvalue weighted by molar-refractivity contribution is 5.94. The predicted molar refractivity (Wildman–Crippen MR) is 81.4 cm³/mol. The number of Topliss-reactive ketones (excluding diaryl/α,β-unsaturated/α-hetero) is 1. The van der Waals surface area contributed by atoms with E-state index in [1.54, 1.807) is 31.3 Å². The van der Waals surface area contributed by atoms with Crippen LogP contribution in [-0.4, -0.2) is 25.3 Å². The molecular formula is C17H21NO3. The van der Waals surface area contributed by atoms with Crippen molar-refractivity contribution in [2.24, 2.45) is 5.92 Å². The van der Waals surface area contributed by atoms with E-state index in [-0.39, 0.29) is 24.2 Å². The molecule has 0 aliphatic heterocycles. The molecular weight excluding hydrogens is 266 g/mol. The number of carbonyl (C=O) groups excluding carboxylic acids is 2. The van der Waals surface area contributed by atoms with E-state index in [1.165, 1.54) is 5.57 Å². The monoisotopic (exact) mass is 287 g/mol. The summed E-state index contributed by atoms with van der Waals surface area (Å²) in [7, 11) is 1.59. The van der Waals surface area contributed by atoms with Crippen molar-refractivity contribution >= 4 is 11.7 Å². The maximum atomic E-state index is 12.1. The maximum absolute atomic E-state index is 12.1.